The summed E-state index contributed by atoms with van der Waals surface area (Å²) in [7, 11) is 0. The smallest absolute Gasteiger partial charge is 0.227 e. The normalized spacial score (nSPS) is 17.0. The second-order valence-corrected chi connectivity index (χ2v) is 7.12. The van der Waals surface area contributed by atoms with E-state index in [0.29, 0.717) is 31.6 Å². The molecule has 0 atom stereocenters. The standard InChI is InChI=1S/C16H23NO5S/c1-11-9-12(19)14(21)15(22-11)16(3-7-23-8-4-16)10-13(20)17-5-2-6-18/h9,18,21H,2-8,10H2,1H3,(H,17,20). The van der Waals surface area contributed by atoms with Crippen LogP contribution in [0.5, 0.6) is 5.75 Å². The number of hydrogen-bond donors (Lipinski definition) is 3. The molecular weight excluding hydrogens is 318 g/mol. The predicted molar refractivity (Wildman–Crippen MR) is 88.9 cm³/mol. The van der Waals surface area contributed by atoms with Crippen LogP contribution in [0.2, 0.25) is 0 Å². The van der Waals surface area contributed by atoms with Crippen LogP contribution in [0.3, 0.4) is 0 Å². The second-order valence-electron chi connectivity index (χ2n) is 5.90. The van der Waals surface area contributed by atoms with Crippen molar-refractivity contribution in [3.63, 3.8) is 0 Å². The van der Waals surface area contributed by atoms with Crippen LogP contribution in [-0.2, 0) is 10.2 Å². The number of carbonyl (C=O) groups excluding carboxylic acids is 1. The molecule has 6 nitrogen and oxygen atoms in total. The zero-order valence-electron chi connectivity index (χ0n) is 13.3. The summed E-state index contributed by atoms with van der Waals surface area (Å²) in [6.45, 7) is 2.09. The van der Waals surface area contributed by atoms with Crippen LogP contribution >= 0.6 is 11.8 Å². The van der Waals surface area contributed by atoms with Crippen molar-refractivity contribution in [2.24, 2.45) is 0 Å². The first-order chi connectivity index (χ1) is 11.0. The van der Waals surface area contributed by atoms with Gasteiger partial charge in [0.25, 0.3) is 0 Å². The van der Waals surface area contributed by atoms with E-state index in [-0.39, 0.29) is 30.4 Å². The van der Waals surface area contributed by atoms with Crippen LogP contribution in [0.25, 0.3) is 0 Å². The van der Waals surface area contributed by atoms with E-state index in [1.165, 1.54) is 6.07 Å². The van der Waals surface area contributed by atoms with Crippen molar-refractivity contribution in [2.75, 3.05) is 24.7 Å². The van der Waals surface area contributed by atoms with E-state index in [1.807, 2.05) is 0 Å². The Morgan fingerprint density at radius 2 is 2.13 bits per heavy atom. The number of aromatic hydroxyl groups is 1. The van der Waals surface area contributed by atoms with E-state index in [4.69, 9.17) is 9.52 Å². The Morgan fingerprint density at radius 3 is 2.78 bits per heavy atom. The van der Waals surface area contributed by atoms with E-state index in [1.54, 1.807) is 18.7 Å². The molecule has 1 aliphatic heterocycles. The summed E-state index contributed by atoms with van der Waals surface area (Å²) in [4.78, 5) is 24.1. The molecule has 2 rings (SSSR count). The van der Waals surface area contributed by atoms with E-state index >= 15 is 0 Å². The zero-order chi connectivity index (χ0) is 16.9. The number of thioether (sulfide) groups is 1. The highest BCUT2D eigenvalue weighted by Gasteiger charge is 2.41. The van der Waals surface area contributed by atoms with Gasteiger partial charge in [0.2, 0.25) is 17.1 Å². The summed E-state index contributed by atoms with van der Waals surface area (Å²) >= 11 is 1.79. The third-order valence-electron chi connectivity index (χ3n) is 4.13. The largest absolute Gasteiger partial charge is 0.502 e. The van der Waals surface area contributed by atoms with Crippen LogP contribution in [0.1, 0.15) is 37.2 Å². The fourth-order valence-electron chi connectivity index (χ4n) is 2.89. The van der Waals surface area contributed by atoms with Gasteiger partial charge in [0.15, 0.2) is 5.76 Å². The fraction of sp³-hybridized carbons (Fsp3) is 0.625. The second kappa shape index (κ2) is 7.88. The topological polar surface area (TPSA) is 99.8 Å². The lowest BCUT2D eigenvalue weighted by atomic mass is 9.75. The summed E-state index contributed by atoms with van der Waals surface area (Å²) in [6, 6.07) is 1.26. The molecule has 0 bridgehead atoms. The average Bonchev–Trinajstić information content (AvgIpc) is 2.52. The van der Waals surface area contributed by atoms with Gasteiger partial charge in [-0.2, -0.15) is 11.8 Å². The van der Waals surface area contributed by atoms with Crippen molar-refractivity contribution in [1.82, 2.24) is 5.32 Å². The molecule has 1 aliphatic rings. The Kier molecular flexibility index (Phi) is 6.12. The Bertz CT molecular complexity index is 607. The quantitative estimate of drug-likeness (QED) is 0.675. The molecule has 0 unspecified atom stereocenters. The van der Waals surface area contributed by atoms with Gasteiger partial charge in [-0.1, -0.05) is 0 Å². The molecular formula is C16H23NO5S. The van der Waals surface area contributed by atoms with Crippen molar-refractivity contribution in [1.29, 1.82) is 0 Å². The maximum atomic E-state index is 12.2. The molecule has 0 radical (unpaired) electrons. The molecule has 3 N–H and O–H groups in total. The number of hydrogen-bond acceptors (Lipinski definition) is 6. The van der Waals surface area contributed by atoms with Crippen LogP contribution in [0.4, 0.5) is 0 Å². The van der Waals surface area contributed by atoms with E-state index < -0.39 is 10.8 Å². The van der Waals surface area contributed by atoms with Gasteiger partial charge in [-0.3, -0.25) is 9.59 Å². The lowest BCUT2D eigenvalue weighted by Crippen LogP contribution is -2.39. The number of carbonyl (C=O) groups is 1. The van der Waals surface area contributed by atoms with Gasteiger partial charge in [-0.15, -0.1) is 0 Å². The third-order valence-corrected chi connectivity index (χ3v) is 5.12. The molecule has 1 aromatic heterocycles. The number of aliphatic hydroxyl groups is 1. The number of rotatable bonds is 6. The third kappa shape index (κ3) is 4.29. The fourth-order valence-corrected chi connectivity index (χ4v) is 4.16. The molecule has 23 heavy (non-hydrogen) atoms. The van der Waals surface area contributed by atoms with Gasteiger partial charge in [0.05, 0.1) is 0 Å². The van der Waals surface area contributed by atoms with Gasteiger partial charge in [0.1, 0.15) is 5.76 Å². The summed E-state index contributed by atoms with van der Waals surface area (Å²) < 4.78 is 5.68. The molecule has 1 aromatic rings. The highest BCUT2D eigenvalue weighted by Crippen LogP contribution is 2.43. The molecule has 128 valence electrons. The maximum absolute atomic E-state index is 12.2. The molecule has 0 aromatic carbocycles. The highest BCUT2D eigenvalue weighted by atomic mass is 32.2. The number of amides is 1. The summed E-state index contributed by atoms with van der Waals surface area (Å²) in [5.41, 5.74) is -1.12. The van der Waals surface area contributed by atoms with Gasteiger partial charge >= 0.3 is 0 Å². The summed E-state index contributed by atoms with van der Waals surface area (Å²) in [6.07, 6.45) is 2.01. The van der Waals surface area contributed by atoms with E-state index in [0.717, 1.165) is 11.5 Å². The van der Waals surface area contributed by atoms with Crippen LogP contribution < -0.4 is 10.7 Å². The molecule has 0 spiro atoms. The van der Waals surface area contributed by atoms with Gasteiger partial charge in [0, 0.05) is 31.1 Å². The van der Waals surface area contributed by atoms with Gasteiger partial charge < -0.3 is 19.9 Å². The van der Waals surface area contributed by atoms with Gasteiger partial charge in [-0.25, -0.2) is 0 Å². The number of nitrogens with one attached hydrogen (secondary N) is 1. The minimum Gasteiger partial charge on any atom is -0.502 e. The van der Waals surface area contributed by atoms with Crippen LogP contribution in [-0.4, -0.2) is 40.8 Å². The maximum Gasteiger partial charge on any atom is 0.227 e. The lowest BCUT2D eigenvalue weighted by Gasteiger charge is -2.35. The molecule has 0 saturated carbocycles. The summed E-state index contributed by atoms with van der Waals surface area (Å²) in [5, 5.41) is 21.7. The number of aliphatic hydroxyl groups excluding tert-OH is 1. The van der Waals surface area contributed by atoms with E-state index in [9.17, 15) is 14.7 Å². The first-order valence-corrected chi connectivity index (χ1v) is 8.93. The van der Waals surface area contributed by atoms with Crippen molar-refractivity contribution in [2.45, 2.75) is 38.0 Å². The molecule has 1 saturated heterocycles. The van der Waals surface area contributed by atoms with Crippen molar-refractivity contribution >= 4 is 17.7 Å². The average molecular weight is 341 g/mol. The lowest BCUT2D eigenvalue weighted by molar-refractivity contribution is -0.122. The Morgan fingerprint density at radius 1 is 1.43 bits per heavy atom. The molecule has 1 fully saturated rings. The first-order valence-electron chi connectivity index (χ1n) is 7.78. The van der Waals surface area contributed by atoms with Gasteiger partial charge in [-0.05, 0) is 37.7 Å². The Labute approximate surface area is 139 Å². The van der Waals surface area contributed by atoms with Crippen LogP contribution in [0, 0.1) is 6.92 Å². The predicted octanol–water partition coefficient (Wildman–Crippen LogP) is 1.31. The SMILES string of the molecule is Cc1cc(=O)c(O)c(C2(CC(=O)NCCCO)CCSCC2)o1. The molecule has 0 aliphatic carbocycles. The Hall–Kier alpha value is -1.47. The highest BCUT2D eigenvalue weighted by molar-refractivity contribution is 7.99. The summed E-state index contributed by atoms with van der Waals surface area (Å²) in [5.74, 6) is 1.82. The minimum absolute atomic E-state index is 0.0234. The van der Waals surface area contributed by atoms with E-state index in [2.05, 4.69) is 5.32 Å². The van der Waals surface area contributed by atoms with Crippen molar-refractivity contribution in [3.05, 3.63) is 27.8 Å². The molecule has 2 heterocycles. The van der Waals surface area contributed by atoms with Crippen molar-refractivity contribution in [3.8, 4) is 5.75 Å². The van der Waals surface area contributed by atoms with Crippen LogP contribution in [0.15, 0.2) is 15.3 Å². The number of aryl methyl sites for hydroxylation is 1. The monoisotopic (exact) mass is 341 g/mol. The molecule has 1 amide bonds. The zero-order valence-corrected chi connectivity index (χ0v) is 14.1. The molecule has 7 heteroatoms. The Balaban J connectivity index is 2.29. The first kappa shape index (κ1) is 17.9. The minimum atomic E-state index is -0.649. The van der Waals surface area contributed by atoms with Crippen molar-refractivity contribution < 1.29 is 19.4 Å².